The molecule has 1 unspecified atom stereocenters. The first-order valence-electron chi connectivity index (χ1n) is 35.4. The Kier molecular flexibility index (Phi) is 43.6. The van der Waals surface area contributed by atoms with Crippen molar-refractivity contribution in [2.24, 2.45) is 46.5 Å². The SMILES string of the molecule is CO[C@H]1CC[C@@H](C)[C@@H](O)[C@H](C)[C@H](O)C/C=C/C=CC(=O)O[C@H]([C@@H](C)[C@@H](O)[C@@H](C)CC[C@@H](OC(=O)C(C)N(C)C)[C@H](C)[C@H](OC(C)=O)[C@H](C)C/C=N/NC(=O)CCOCCOCCOCCOCCNC(=O)CCCC[C@@H]2SC[C@@H]3NC(=O)N[C@@H]32)C/C=C/[C@H](OC)C[C@H](C)C/C=C/1C. The zero-order valence-corrected chi connectivity index (χ0v) is 61.6. The molecule has 0 aromatic heterocycles. The van der Waals surface area contributed by atoms with Crippen LogP contribution >= 0.6 is 11.8 Å². The van der Waals surface area contributed by atoms with Gasteiger partial charge in [-0.15, -0.1) is 0 Å². The van der Waals surface area contributed by atoms with Crippen LogP contribution in [0.15, 0.2) is 53.2 Å². The number of thioether (sulfide) groups is 1. The summed E-state index contributed by atoms with van der Waals surface area (Å²) in [6.45, 7) is 21.7. The molecule has 7 N–H and O–H groups in total. The van der Waals surface area contributed by atoms with Crippen molar-refractivity contribution in [1.82, 2.24) is 26.3 Å². The number of likely N-dealkylation sites (N-methyl/N-ethyl adjacent to an activating group) is 1. The summed E-state index contributed by atoms with van der Waals surface area (Å²) in [6.07, 6.45) is 16.5. The van der Waals surface area contributed by atoms with Gasteiger partial charge in [0.1, 0.15) is 24.4 Å². The average Bonchev–Trinajstić information content (AvgIpc) is 1.69. The Morgan fingerprint density at radius 1 is 0.814 bits per heavy atom. The number of ether oxygens (including phenoxy) is 9. The van der Waals surface area contributed by atoms with E-state index in [-0.39, 0.29) is 98.3 Å². The molecule has 25 heteroatoms. The van der Waals surface area contributed by atoms with Gasteiger partial charge in [-0.3, -0.25) is 24.1 Å². The number of allylic oxidation sites excluding steroid dienone is 3. The van der Waals surface area contributed by atoms with Crippen LogP contribution in [0.2, 0.25) is 0 Å². The summed E-state index contributed by atoms with van der Waals surface area (Å²) in [6, 6.07) is -0.286. The first-order valence-corrected chi connectivity index (χ1v) is 36.4. The molecule has 0 aromatic carbocycles. The van der Waals surface area contributed by atoms with Gasteiger partial charge in [-0.05, 0) is 121 Å². The van der Waals surface area contributed by atoms with Crippen LogP contribution in [0.3, 0.4) is 0 Å². The molecule has 0 spiro atoms. The minimum Gasteiger partial charge on any atom is -0.462 e. The Labute approximate surface area is 583 Å². The highest BCUT2D eigenvalue weighted by Crippen LogP contribution is 2.34. The Hall–Kier alpha value is -4.80. The number of methoxy groups -OCH3 is 2. The molecule has 0 radical (unpaired) electrons. The van der Waals surface area contributed by atoms with Gasteiger partial charge in [0, 0.05) is 81.6 Å². The van der Waals surface area contributed by atoms with Crippen LogP contribution in [0, 0.1) is 41.4 Å². The van der Waals surface area contributed by atoms with Crippen LogP contribution in [0.1, 0.15) is 159 Å². The number of carbonyl (C=O) groups is 6. The zero-order valence-electron chi connectivity index (χ0n) is 60.8. The lowest BCUT2D eigenvalue weighted by Gasteiger charge is -2.36. The Bertz CT molecular complexity index is 2440. The number of rotatable bonds is 38. The predicted molar refractivity (Wildman–Crippen MR) is 376 cm³/mol. The predicted octanol–water partition coefficient (Wildman–Crippen LogP) is 7.80. The van der Waals surface area contributed by atoms with Crippen molar-refractivity contribution in [3.63, 3.8) is 0 Å². The molecule has 3 heterocycles. The van der Waals surface area contributed by atoms with E-state index < -0.39 is 78.3 Å². The number of amides is 4. The molecule has 0 saturated carbocycles. The van der Waals surface area contributed by atoms with E-state index in [9.17, 15) is 44.1 Å². The molecule has 2 saturated heterocycles. The molecule has 4 amide bonds. The van der Waals surface area contributed by atoms with Crippen molar-refractivity contribution < 1.29 is 86.7 Å². The molecule has 3 aliphatic heterocycles. The maximum atomic E-state index is 13.7. The molecule has 97 heavy (non-hydrogen) atoms. The molecule has 556 valence electrons. The van der Waals surface area contributed by atoms with E-state index in [0.717, 1.165) is 56.3 Å². The molecule has 0 aromatic rings. The number of nitrogens with zero attached hydrogens (tertiary/aromatic N) is 2. The van der Waals surface area contributed by atoms with Gasteiger partial charge in [-0.25, -0.2) is 15.0 Å². The number of fused-ring (bicyclic) bond motifs is 1. The summed E-state index contributed by atoms with van der Waals surface area (Å²) < 4.78 is 52.3. The highest BCUT2D eigenvalue weighted by Gasteiger charge is 2.43. The molecular weight excluding hydrogens is 1270 g/mol. The minimum absolute atomic E-state index is 0.00130. The van der Waals surface area contributed by atoms with Crippen LogP contribution in [0.25, 0.3) is 0 Å². The number of urea groups is 1. The third-order valence-electron chi connectivity index (χ3n) is 19.0. The topological polar surface area (TPSA) is 310 Å². The number of unbranched alkanes of at least 4 members (excludes halogenated alkanes) is 1. The van der Waals surface area contributed by atoms with Gasteiger partial charge in [0.05, 0.1) is 102 Å². The summed E-state index contributed by atoms with van der Waals surface area (Å²) in [5.41, 5.74) is 3.64. The van der Waals surface area contributed by atoms with Crippen molar-refractivity contribution in [2.45, 2.75) is 231 Å². The van der Waals surface area contributed by atoms with E-state index in [2.05, 4.69) is 46.4 Å². The fourth-order valence-electron chi connectivity index (χ4n) is 12.1. The number of esters is 3. The first-order chi connectivity index (χ1) is 46.3. The lowest BCUT2D eigenvalue weighted by Crippen LogP contribution is -2.43. The largest absolute Gasteiger partial charge is 0.462 e. The normalized spacial score (nSPS) is 27.8. The number of carbonyl (C=O) groups excluding carboxylic acids is 6. The van der Waals surface area contributed by atoms with Gasteiger partial charge < -0.3 is 73.9 Å². The van der Waals surface area contributed by atoms with Gasteiger partial charge in [0.15, 0.2) is 0 Å². The molecule has 3 aliphatic rings. The molecule has 19 atom stereocenters. The van der Waals surface area contributed by atoms with Crippen LogP contribution in [0.4, 0.5) is 4.79 Å². The summed E-state index contributed by atoms with van der Waals surface area (Å²) in [5.74, 6) is -3.08. The fourth-order valence-corrected chi connectivity index (χ4v) is 13.7. The lowest BCUT2D eigenvalue weighted by molar-refractivity contribution is -0.166. The number of hydrazone groups is 1. The van der Waals surface area contributed by atoms with Crippen molar-refractivity contribution >= 4 is 53.7 Å². The summed E-state index contributed by atoms with van der Waals surface area (Å²) in [7, 11) is 6.92. The number of nitrogens with one attached hydrogen (secondary N) is 4. The lowest BCUT2D eigenvalue weighted by atomic mass is 9.82. The van der Waals surface area contributed by atoms with E-state index in [1.165, 1.54) is 19.2 Å². The van der Waals surface area contributed by atoms with Gasteiger partial charge in [-0.1, -0.05) is 91.3 Å². The van der Waals surface area contributed by atoms with Crippen molar-refractivity contribution in [3.8, 4) is 0 Å². The van der Waals surface area contributed by atoms with Crippen LogP contribution in [-0.4, -0.2) is 228 Å². The standard InChI is InChI=1S/C72H124N6O18S/c1-47-27-28-48(2)60(89-14)31-29-49(3)68(84)52(6)59(80)22-16-15-17-26-66(83)95-61(23-20-21-57(45-47)88-13)53(7)69(85)50(4)30-32-62(96-71(86)55(9)78(11)12)54(8)70(94-56(10)79)51(5)33-35-74-77-65(82)34-37-90-39-41-92-43-44-93-42-40-91-38-36-73-64(81)25-19-18-24-63-67-58(46-97-63)75-72(87)76-67/h15-17,20-21,26,28,35,47,49-55,57-63,67-70,80,84-85H,18-19,22-25,27,29-34,36-46H2,1-14H3,(H,73,81)(H,77,82)(H2,75,76,87)/b16-15+,21-20+,26-17?,48-28+,74-35+/t47-,49-,50+,51-,52-,53-,54+,55?,57+,58+,59-,60+,61+,62-,63+,67+,68-,69+,70-/m1/s1. The highest BCUT2D eigenvalue weighted by molar-refractivity contribution is 8.00. The molecule has 3 rings (SSSR count). The van der Waals surface area contributed by atoms with Crippen LogP contribution in [-0.2, 0) is 66.6 Å². The molecule has 0 bridgehead atoms. The first kappa shape index (κ1) is 86.4. The van der Waals surface area contributed by atoms with Gasteiger partial charge >= 0.3 is 23.9 Å². The van der Waals surface area contributed by atoms with Crippen molar-refractivity contribution in [3.05, 3.63) is 48.1 Å². The maximum Gasteiger partial charge on any atom is 0.331 e. The smallest absolute Gasteiger partial charge is 0.331 e. The van der Waals surface area contributed by atoms with Gasteiger partial charge in [0.2, 0.25) is 11.8 Å². The second-order valence-electron chi connectivity index (χ2n) is 27.1. The van der Waals surface area contributed by atoms with Crippen LogP contribution < -0.4 is 21.4 Å². The summed E-state index contributed by atoms with van der Waals surface area (Å²) in [5, 5.41) is 47.7. The van der Waals surface area contributed by atoms with Crippen molar-refractivity contribution in [1.29, 1.82) is 0 Å². The Morgan fingerprint density at radius 3 is 2.15 bits per heavy atom. The number of aliphatic hydroxyl groups is 3. The van der Waals surface area contributed by atoms with E-state index in [0.29, 0.717) is 77.1 Å². The number of hydrogen-bond donors (Lipinski definition) is 7. The highest BCUT2D eigenvalue weighted by atomic mass is 32.2. The maximum absolute atomic E-state index is 13.7. The quantitative estimate of drug-likeness (QED) is 0.00590. The van der Waals surface area contributed by atoms with Crippen molar-refractivity contribution in [2.75, 3.05) is 93.5 Å². The fraction of sp³-hybridized carbons (Fsp3) is 0.792. The number of aliphatic hydroxyl groups excluding tert-OH is 3. The second kappa shape index (κ2) is 48.9. The average molecular weight is 1390 g/mol. The Morgan fingerprint density at radius 2 is 1.49 bits per heavy atom. The third-order valence-corrected chi connectivity index (χ3v) is 20.5. The summed E-state index contributed by atoms with van der Waals surface area (Å²) in [4.78, 5) is 78.1. The monoisotopic (exact) mass is 1390 g/mol. The number of cyclic esters (lactones) is 1. The Balaban J connectivity index is 1.50. The van der Waals surface area contributed by atoms with E-state index in [1.54, 1.807) is 58.4 Å². The van der Waals surface area contributed by atoms with Crippen LogP contribution in [0.5, 0.6) is 0 Å². The van der Waals surface area contributed by atoms with Gasteiger partial charge in [0.25, 0.3) is 0 Å². The van der Waals surface area contributed by atoms with E-state index in [1.807, 2.05) is 65.5 Å². The molecule has 2 fully saturated rings. The van der Waals surface area contributed by atoms with E-state index >= 15 is 0 Å². The molecule has 0 aliphatic carbocycles. The molecular formula is C72H124N6O18S. The summed E-state index contributed by atoms with van der Waals surface area (Å²) >= 11 is 1.88. The zero-order chi connectivity index (χ0) is 71.8. The van der Waals surface area contributed by atoms with Gasteiger partial charge in [-0.2, -0.15) is 16.9 Å². The molecule has 24 nitrogen and oxygen atoms in total. The van der Waals surface area contributed by atoms with E-state index in [4.69, 9.17) is 42.6 Å². The minimum atomic E-state index is -0.980. The second-order valence-corrected chi connectivity index (χ2v) is 28.4. The third kappa shape index (κ3) is 34.4. The number of hydrogen-bond acceptors (Lipinski definition) is 21.